The Morgan fingerprint density at radius 2 is 2.06 bits per heavy atom. The monoisotopic (exact) mass is 247 g/mol. The summed E-state index contributed by atoms with van der Waals surface area (Å²) in [6, 6.07) is 7.34. The molecule has 0 bridgehead atoms. The van der Waals surface area contributed by atoms with Gasteiger partial charge in [-0.3, -0.25) is 0 Å². The molecule has 1 aliphatic carbocycles. The van der Waals surface area contributed by atoms with Gasteiger partial charge in [0.2, 0.25) is 0 Å². The van der Waals surface area contributed by atoms with Gasteiger partial charge in [-0.2, -0.15) is 0 Å². The standard InChI is InChI=1S/C15H21NO2/c1-3-11-8-13(11)16-10(2)12-4-5-14-15(9-12)18-7-6-17-14/h4-5,9-11,13,16H,3,6-8H2,1-2H3. The third kappa shape index (κ3) is 2.32. The van der Waals surface area contributed by atoms with Gasteiger partial charge in [0.1, 0.15) is 13.2 Å². The van der Waals surface area contributed by atoms with Gasteiger partial charge in [0.05, 0.1) is 0 Å². The Labute approximate surface area is 108 Å². The summed E-state index contributed by atoms with van der Waals surface area (Å²) < 4.78 is 11.2. The van der Waals surface area contributed by atoms with Crippen molar-refractivity contribution in [1.29, 1.82) is 0 Å². The van der Waals surface area contributed by atoms with Crippen LogP contribution in [0.2, 0.25) is 0 Å². The maximum Gasteiger partial charge on any atom is 0.161 e. The van der Waals surface area contributed by atoms with Gasteiger partial charge in [-0.05, 0) is 37.0 Å². The highest BCUT2D eigenvalue weighted by Gasteiger charge is 2.36. The lowest BCUT2D eigenvalue weighted by Gasteiger charge is -2.21. The van der Waals surface area contributed by atoms with Gasteiger partial charge in [-0.25, -0.2) is 0 Å². The quantitative estimate of drug-likeness (QED) is 0.887. The lowest BCUT2D eigenvalue weighted by molar-refractivity contribution is 0.171. The molecule has 0 aromatic heterocycles. The van der Waals surface area contributed by atoms with Crippen LogP contribution in [0.3, 0.4) is 0 Å². The molecule has 1 aliphatic heterocycles. The van der Waals surface area contributed by atoms with E-state index in [0.29, 0.717) is 25.3 Å². The number of hydrogen-bond donors (Lipinski definition) is 1. The molecule has 3 atom stereocenters. The topological polar surface area (TPSA) is 30.5 Å². The first kappa shape index (κ1) is 11.8. The van der Waals surface area contributed by atoms with Crippen molar-refractivity contribution in [3.8, 4) is 11.5 Å². The highest BCUT2D eigenvalue weighted by Crippen LogP contribution is 2.37. The number of ether oxygens (including phenoxy) is 2. The molecule has 3 rings (SSSR count). The van der Waals surface area contributed by atoms with E-state index in [2.05, 4.69) is 31.3 Å². The Kier molecular flexibility index (Phi) is 3.16. The third-order valence-electron chi connectivity index (χ3n) is 3.98. The van der Waals surface area contributed by atoms with E-state index >= 15 is 0 Å². The van der Waals surface area contributed by atoms with Gasteiger partial charge >= 0.3 is 0 Å². The third-order valence-corrected chi connectivity index (χ3v) is 3.98. The summed E-state index contributed by atoms with van der Waals surface area (Å²) in [5, 5.41) is 3.68. The second-order valence-corrected chi connectivity index (χ2v) is 5.30. The molecule has 0 radical (unpaired) electrons. The molecular formula is C15H21NO2. The smallest absolute Gasteiger partial charge is 0.161 e. The summed E-state index contributed by atoms with van der Waals surface area (Å²) in [7, 11) is 0. The van der Waals surface area contributed by atoms with Crippen LogP contribution >= 0.6 is 0 Å². The Bertz CT molecular complexity index is 433. The summed E-state index contributed by atoms with van der Waals surface area (Å²) in [5.41, 5.74) is 1.28. The van der Waals surface area contributed by atoms with Crippen LogP contribution in [-0.4, -0.2) is 19.3 Å². The first-order valence-corrected chi connectivity index (χ1v) is 6.93. The van der Waals surface area contributed by atoms with E-state index < -0.39 is 0 Å². The van der Waals surface area contributed by atoms with Crippen LogP contribution in [0.15, 0.2) is 18.2 Å². The molecule has 1 fully saturated rings. The largest absolute Gasteiger partial charge is 0.486 e. The van der Waals surface area contributed by atoms with Crippen molar-refractivity contribution in [3.05, 3.63) is 23.8 Å². The Balaban J connectivity index is 1.68. The van der Waals surface area contributed by atoms with Crippen molar-refractivity contribution < 1.29 is 9.47 Å². The minimum atomic E-state index is 0.377. The molecule has 1 heterocycles. The van der Waals surface area contributed by atoms with Crippen molar-refractivity contribution >= 4 is 0 Å². The van der Waals surface area contributed by atoms with Gasteiger partial charge in [-0.15, -0.1) is 0 Å². The van der Waals surface area contributed by atoms with E-state index in [0.717, 1.165) is 17.4 Å². The zero-order valence-corrected chi connectivity index (χ0v) is 11.1. The normalized spacial score (nSPS) is 26.8. The molecule has 18 heavy (non-hydrogen) atoms. The van der Waals surface area contributed by atoms with Gasteiger partial charge in [0.25, 0.3) is 0 Å². The van der Waals surface area contributed by atoms with Crippen molar-refractivity contribution in [3.63, 3.8) is 0 Å². The van der Waals surface area contributed by atoms with E-state index in [-0.39, 0.29) is 0 Å². The lowest BCUT2D eigenvalue weighted by atomic mass is 10.1. The van der Waals surface area contributed by atoms with E-state index in [9.17, 15) is 0 Å². The van der Waals surface area contributed by atoms with Crippen molar-refractivity contribution in [2.24, 2.45) is 5.92 Å². The van der Waals surface area contributed by atoms with Crippen LogP contribution in [-0.2, 0) is 0 Å². The first-order valence-electron chi connectivity index (χ1n) is 6.93. The molecule has 2 aliphatic rings. The molecular weight excluding hydrogens is 226 g/mol. The molecule has 3 unspecified atom stereocenters. The van der Waals surface area contributed by atoms with E-state index in [1.807, 2.05) is 6.07 Å². The molecule has 98 valence electrons. The second-order valence-electron chi connectivity index (χ2n) is 5.30. The predicted molar refractivity (Wildman–Crippen MR) is 71.2 cm³/mol. The molecule has 0 saturated heterocycles. The second kappa shape index (κ2) is 4.81. The van der Waals surface area contributed by atoms with Crippen LogP contribution in [0.5, 0.6) is 11.5 Å². The van der Waals surface area contributed by atoms with Gasteiger partial charge in [-0.1, -0.05) is 19.4 Å². The number of fused-ring (bicyclic) bond motifs is 1. The highest BCUT2D eigenvalue weighted by atomic mass is 16.6. The van der Waals surface area contributed by atoms with Crippen LogP contribution in [0.4, 0.5) is 0 Å². The molecule has 1 saturated carbocycles. The first-order chi connectivity index (χ1) is 8.78. The molecule has 1 aromatic rings. The van der Waals surface area contributed by atoms with Crippen molar-refractivity contribution in [2.45, 2.75) is 38.8 Å². The minimum Gasteiger partial charge on any atom is -0.486 e. The summed E-state index contributed by atoms with van der Waals surface area (Å²) in [5.74, 6) is 2.63. The molecule has 3 heteroatoms. The highest BCUT2D eigenvalue weighted by molar-refractivity contribution is 5.44. The van der Waals surface area contributed by atoms with Crippen molar-refractivity contribution in [1.82, 2.24) is 5.32 Å². The molecule has 0 spiro atoms. The number of benzene rings is 1. The fourth-order valence-corrected chi connectivity index (χ4v) is 2.65. The van der Waals surface area contributed by atoms with Gasteiger partial charge in [0.15, 0.2) is 11.5 Å². The average Bonchev–Trinajstić information content (AvgIpc) is 3.16. The van der Waals surface area contributed by atoms with Gasteiger partial charge < -0.3 is 14.8 Å². The van der Waals surface area contributed by atoms with Crippen LogP contribution in [0.25, 0.3) is 0 Å². The Morgan fingerprint density at radius 3 is 2.78 bits per heavy atom. The molecule has 1 N–H and O–H groups in total. The molecule has 3 nitrogen and oxygen atoms in total. The Hall–Kier alpha value is -1.22. The average molecular weight is 247 g/mol. The van der Waals surface area contributed by atoms with Crippen molar-refractivity contribution in [2.75, 3.05) is 13.2 Å². The van der Waals surface area contributed by atoms with E-state index in [1.54, 1.807) is 0 Å². The summed E-state index contributed by atoms with van der Waals surface area (Å²) in [6.07, 6.45) is 2.61. The van der Waals surface area contributed by atoms with Gasteiger partial charge in [0, 0.05) is 12.1 Å². The zero-order chi connectivity index (χ0) is 12.5. The number of rotatable bonds is 4. The van der Waals surface area contributed by atoms with E-state index in [1.165, 1.54) is 18.4 Å². The number of hydrogen-bond acceptors (Lipinski definition) is 3. The summed E-state index contributed by atoms with van der Waals surface area (Å²) >= 11 is 0. The summed E-state index contributed by atoms with van der Waals surface area (Å²) in [6.45, 7) is 5.79. The predicted octanol–water partition coefficient (Wildman–Crippen LogP) is 2.91. The Morgan fingerprint density at radius 1 is 1.28 bits per heavy atom. The summed E-state index contributed by atoms with van der Waals surface area (Å²) in [4.78, 5) is 0. The van der Waals surface area contributed by atoms with Crippen LogP contribution < -0.4 is 14.8 Å². The van der Waals surface area contributed by atoms with Crippen LogP contribution in [0.1, 0.15) is 38.3 Å². The SMILES string of the molecule is CCC1CC1NC(C)c1ccc2c(c1)OCCO2. The lowest BCUT2D eigenvalue weighted by Crippen LogP contribution is -2.23. The fraction of sp³-hybridized carbons (Fsp3) is 0.600. The number of nitrogens with one attached hydrogen (secondary N) is 1. The minimum absolute atomic E-state index is 0.377. The fourth-order valence-electron chi connectivity index (χ4n) is 2.65. The van der Waals surface area contributed by atoms with Crippen LogP contribution in [0, 0.1) is 5.92 Å². The van der Waals surface area contributed by atoms with E-state index in [4.69, 9.17) is 9.47 Å². The maximum absolute atomic E-state index is 5.62. The zero-order valence-electron chi connectivity index (χ0n) is 11.1. The molecule has 0 amide bonds. The maximum atomic E-state index is 5.62. The molecule has 1 aromatic carbocycles.